The van der Waals surface area contributed by atoms with Crippen LogP contribution in [0.1, 0.15) is 33.6 Å². The van der Waals surface area contributed by atoms with Gasteiger partial charge in [0, 0.05) is 6.04 Å². The van der Waals surface area contributed by atoms with Gasteiger partial charge in [0.05, 0.1) is 6.04 Å². The first-order chi connectivity index (χ1) is 5.11. The van der Waals surface area contributed by atoms with Gasteiger partial charge >= 0.3 is 0 Å². The Balaban J connectivity index is 2.41. The molecule has 0 aromatic carbocycles. The molecule has 11 heavy (non-hydrogen) atoms. The van der Waals surface area contributed by atoms with Crippen molar-refractivity contribution in [3.63, 3.8) is 0 Å². The number of nitrogens with one attached hydrogen (secondary N) is 1. The average molecular weight is 155 g/mol. The largest absolute Gasteiger partial charge is 0.304 e. The zero-order valence-electron chi connectivity index (χ0n) is 7.55. The van der Waals surface area contributed by atoms with Crippen LogP contribution in [0.15, 0.2) is 0 Å². The van der Waals surface area contributed by atoms with Crippen molar-refractivity contribution in [3.05, 3.63) is 0 Å². The second-order valence-corrected chi connectivity index (χ2v) is 3.76. The van der Waals surface area contributed by atoms with E-state index in [0.29, 0.717) is 12.0 Å². The molecule has 1 heterocycles. The first-order valence-electron chi connectivity index (χ1n) is 4.37. The van der Waals surface area contributed by atoms with E-state index in [1.807, 2.05) is 0 Å². The van der Waals surface area contributed by atoms with Crippen LogP contribution in [0.5, 0.6) is 0 Å². The number of hydrogen-bond donors (Lipinski definition) is 1. The summed E-state index contributed by atoms with van der Waals surface area (Å²) >= 11 is 0. The molecule has 1 aliphatic rings. The molecule has 0 aromatic rings. The Hall–Kier alpha value is -0.370. The van der Waals surface area contributed by atoms with Gasteiger partial charge in [-0.3, -0.25) is 4.79 Å². The maximum absolute atomic E-state index is 11.0. The molecule has 0 spiro atoms. The van der Waals surface area contributed by atoms with Crippen molar-refractivity contribution in [1.29, 1.82) is 0 Å². The highest BCUT2D eigenvalue weighted by Gasteiger charge is 2.27. The SMILES string of the molecule is CC(=O)[C@@H]1CCC(C(C)C)N1. The van der Waals surface area contributed by atoms with Gasteiger partial charge in [-0.15, -0.1) is 0 Å². The topological polar surface area (TPSA) is 29.1 Å². The summed E-state index contributed by atoms with van der Waals surface area (Å²) < 4.78 is 0. The van der Waals surface area contributed by atoms with Crippen LogP contribution < -0.4 is 5.32 Å². The number of carbonyl (C=O) groups excluding carboxylic acids is 1. The van der Waals surface area contributed by atoms with Crippen LogP contribution in [0.4, 0.5) is 0 Å². The minimum absolute atomic E-state index is 0.141. The summed E-state index contributed by atoms with van der Waals surface area (Å²) in [5.74, 6) is 0.938. The van der Waals surface area contributed by atoms with Crippen LogP contribution in [0, 0.1) is 5.92 Å². The lowest BCUT2D eigenvalue weighted by molar-refractivity contribution is -0.118. The molecule has 64 valence electrons. The molecule has 1 fully saturated rings. The predicted octanol–water partition coefficient (Wildman–Crippen LogP) is 1.35. The van der Waals surface area contributed by atoms with E-state index in [1.54, 1.807) is 6.92 Å². The van der Waals surface area contributed by atoms with Gasteiger partial charge in [0.2, 0.25) is 0 Å². The van der Waals surface area contributed by atoms with E-state index in [0.717, 1.165) is 12.8 Å². The monoisotopic (exact) mass is 155 g/mol. The van der Waals surface area contributed by atoms with Crippen molar-refractivity contribution < 1.29 is 4.79 Å². The molecule has 1 aliphatic heterocycles. The lowest BCUT2D eigenvalue weighted by atomic mass is 10.0. The molecular weight excluding hydrogens is 138 g/mol. The molecule has 0 amide bonds. The fraction of sp³-hybridized carbons (Fsp3) is 0.889. The van der Waals surface area contributed by atoms with Crippen molar-refractivity contribution in [2.75, 3.05) is 0 Å². The second kappa shape index (κ2) is 3.35. The van der Waals surface area contributed by atoms with E-state index in [9.17, 15) is 4.79 Å². The summed E-state index contributed by atoms with van der Waals surface area (Å²) in [5.41, 5.74) is 0. The second-order valence-electron chi connectivity index (χ2n) is 3.76. The maximum Gasteiger partial charge on any atom is 0.146 e. The lowest BCUT2D eigenvalue weighted by Gasteiger charge is -2.15. The van der Waals surface area contributed by atoms with Gasteiger partial charge < -0.3 is 5.32 Å². The molecule has 1 N–H and O–H groups in total. The van der Waals surface area contributed by atoms with E-state index in [-0.39, 0.29) is 11.8 Å². The van der Waals surface area contributed by atoms with Crippen molar-refractivity contribution in [1.82, 2.24) is 5.32 Å². The Morgan fingerprint density at radius 2 is 2.09 bits per heavy atom. The van der Waals surface area contributed by atoms with E-state index in [1.165, 1.54) is 0 Å². The quantitative estimate of drug-likeness (QED) is 0.652. The number of hydrogen-bond acceptors (Lipinski definition) is 2. The normalized spacial score (nSPS) is 31.3. The number of Topliss-reactive ketones (excluding diaryl/α,β-unsaturated/α-hetero) is 1. The Morgan fingerprint density at radius 1 is 1.45 bits per heavy atom. The third kappa shape index (κ3) is 2.03. The van der Waals surface area contributed by atoms with Gasteiger partial charge in [-0.1, -0.05) is 13.8 Å². The maximum atomic E-state index is 11.0. The summed E-state index contributed by atoms with van der Waals surface area (Å²) in [4.78, 5) is 11.0. The van der Waals surface area contributed by atoms with Gasteiger partial charge in [0.25, 0.3) is 0 Å². The third-order valence-electron chi connectivity index (χ3n) is 2.48. The first-order valence-corrected chi connectivity index (χ1v) is 4.37. The van der Waals surface area contributed by atoms with Crippen LogP contribution in [0.3, 0.4) is 0 Å². The summed E-state index contributed by atoms with van der Waals surface area (Å²) in [5, 5.41) is 3.34. The van der Waals surface area contributed by atoms with Gasteiger partial charge in [0.1, 0.15) is 5.78 Å². The van der Waals surface area contributed by atoms with Crippen LogP contribution in [-0.4, -0.2) is 17.9 Å². The predicted molar refractivity (Wildman–Crippen MR) is 45.5 cm³/mol. The molecule has 1 unspecified atom stereocenters. The average Bonchev–Trinajstić information content (AvgIpc) is 2.33. The highest BCUT2D eigenvalue weighted by atomic mass is 16.1. The van der Waals surface area contributed by atoms with Crippen LogP contribution in [0.25, 0.3) is 0 Å². The molecule has 1 rings (SSSR count). The van der Waals surface area contributed by atoms with Gasteiger partial charge in [-0.25, -0.2) is 0 Å². The summed E-state index contributed by atoms with van der Waals surface area (Å²) in [6, 6.07) is 0.700. The van der Waals surface area contributed by atoms with E-state index in [2.05, 4.69) is 19.2 Å². The van der Waals surface area contributed by atoms with Crippen molar-refractivity contribution >= 4 is 5.78 Å². The molecule has 0 aliphatic carbocycles. The Morgan fingerprint density at radius 3 is 2.36 bits per heavy atom. The number of ketones is 1. The summed E-state index contributed by atoms with van der Waals surface area (Å²) in [6.07, 6.45) is 2.18. The van der Waals surface area contributed by atoms with Gasteiger partial charge in [-0.2, -0.15) is 0 Å². The fourth-order valence-electron chi connectivity index (χ4n) is 1.62. The lowest BCUT2D eigenvalue weighted by Crippen LogP contribution is -2.36. The molecule has 2 atom stereocenters. The Labute approximate surface area is 68.4 Å². The van der Waals surface area contributed by atoms with E-state index in [4.69, 9.17) is 0 Å². The van der Waals surface area contributed by atoms with Crippen LogP contribution in [0.2, 0.25) is 0 Å². The highest BCUT2D eigenvalue weighted by Crippen LogP contribution is 2.18. The minimum Gasteiger partial charge on any atom is -0.304 e. The van der Waals surface area contributed by atoms with Crippen molar-refractivity contribution in [3.8, 4) is 0 Å². The summed E-state index contributed by atoms with van der Waals surface area (Å²) in [6.45, 7) is 6.06. The standard InChI is InChI=1S/C9H17NO/c1-6(2)8-4-5-9(10-8)7(3)11/h6,8-10H,4-5H2,1-3H3/t8?,9-/m0/s1. The van der Waals surface area contributed by atoms with Crippen molar-refractivity contribution in [2.24, 2.45) is 5.92 Å². The summed E-state index contributed by atoms with van der Waals surface area (Å²) in [7, 11) is 0. The molecular formula is C9H17NO. The Kier molecular flexibility index (Phi) is 2.66. The van der Waals surface area contributed by atoms with Gasteiger partial charge in [0.15, 0.2) is 0 Å². The van der Waals surface area contributed by atoms with E-state index >= 15 is 0 Å². The zero-order valence-corrected chi connectivity index (χ0v) is 7.55. The van der Waals surface area contributed by atoms with Crippen molar-refractivity contribution in [2.45, 2.75) is 45.7 Å². The molecule has 0 radical (unpaired) electrons. The third-order valence-corrected chi connectivity index (χ3v) is 2.48. The smallest absolute Gasteiger partial charge is 0.146 e. The number of carbonyl (C=O) groups is 1. The molecule has 2 nitrogen and oxygen atoms in total. The zero-order chi connectivity index (χ0) is 8.43. The highest BCUT2D eigenvalue weighted by molar-refractivity contribution is 5.81. The minimum atomic E-state index is 0.141. The molecule has 2 heteroatoms. The molecule has 0 aromatic heterocycles. The number of rotatable bonds is 2. The first kappa shape index (κ1) is 8.72. The van der Waals surface area contributed by atoms with E-state index < -0.39 is 0 Å². The Bertz CT molecular complexity index is 154. The van der Waals surface area contributed by atoms with Gasteiger partial charge in [-0.05, 0) is 25.7 Å². The van der Waals surface area contributed by atoms with Crippen LogP contribution in [-0.2, 0) is 4.79 Å². The molecule has 1 saturated heterocycles. The molecule has 0 bridgehead atoms. The van der Waals surface area contributed by atoms with Crippen LogP contribution >= 0.6 is 0 Å². The molecule has 0 saturated carbocycles. The fourth-order valence-corrected chi connectivity index (χ4v) is 1.62.